The standard InChI is InChI=1S/C10H9BrO3S/c11-7-1-3-9(4-2-7)15-6-8(12)5-10(13)14/h1-4H,5-6H2,(H,13,14). The van der Waals surface area contributed by atoms with Crippen LogP contribution in [-0.4, -0.2) is 22.6 Å². The van der Waals surface area contributed by atoms with Crippen molar-refractivity contribution in [2.24, 2.45) is 0 Å². The number of benzene rings is 1. The topological polar surface area (TPSA) is 54.4 Å². The number of carbonyl (C=O) groups excluding carboxylic acids is 1. The molecule has 0 aromatic heterocycles. The number of halogens is 1. The lowest BCUT2D eigenvalue weighted by molar-refractivity contribution is -0.139. The zero-order valence-electron chi connectivity index (χ0n) is 7.77. The van der Waals surface area contributed by atoms with Gasteiger partial charge < -0.3 is 5.11 Å². The van der Waals surface area contributed by atoms with E-state index in [9.17, 15) is 9.59 Å². The van der Waals surface area contributed by atoms with Gasteiger partial charge in [0.15, 0.2) is 5.78 Å². The van der Waals surface area contributed by atoms with Crippen LogP contribution in [0.2, 0.25) is 0 Å². The second-order valence-electron chi connectivity index (χ2n) is 2.85. The van der Waals surface area contributed by atoms with E-state index in [1.807, 2.05) is 24.3 Å². The minimum atomic E-state index is -1.07. The molecule has 0 saturated carbocycles. The van der Waals surface area contributed by atoms with Gasteiger partial charge >= 0.3 is 5.97 Å². The van der Waals surface area contributed by atoms with Crippen molar-refractivity contribution >= 4 is 39.4 Å². The van der Waals surface area contributed by atoms with Gasteiger partial charge in [-0.2, -0.15) is 0 Å². The highest BCUT2D eigenvalue weighted by Crippen LogP contribution is 2.20. The third-order valence-electron chi connectivity index (χ3n) is 1.56. The van der Waals surface area contributed by atoms with Gasteiger partial charge in [-0.1, -0.05) is 15.9 Å². The zero-order valence-corrected chi connectivity index (χ0v) is 10.2. The molecule has 1 aromatic rings. The predicted molar refractivity (Wildman–Crippen MR) is 62.1 cm³/mol. The van der Waals surface area contributed by atoms with Gasteiger partial charge in [-0.05, 0) is 24.3 Å². The largest absolute Gasteiger partial charge is 0.481 e. The summed E-state index contributed by atoms with van der Waals surface area (Å²) < 4.78 is 0.976. The number of hydrogen-bond donors (Lipinski definition) is 1. The number of ketones is 1. The smallest absolute Gasteiger partial charge is 0.310 e. The Balaban J connectivity index is 2.40. The third-order valence-corrected chi connectivity index (χ3v) is 3.16. The van der Waals surface area contributed by atoms with E-state index in [2.05, 4.69) is 15.9 Å². The first-order chi connectivity index (χ1) is 7.08. The number of carboxylic acids is 1. The van der Waals surface area contributed by atoms with Crippen LogP contribution in [0.4, 0.5) is 0 Å². The van der Waals surface area contributed by atoms with E-state index in [0.717, 1.165) is 9.37 Å². The van der Waals surface area contributed by atoms with Gasteiger partial charge in [0.05, 0.1) is 5.75 Å². The number of carbonyl (C=O) groups is 2. The Morgan fingerprint density at radius 1 is 1.27 bits per heavy atom. The van der Waals surface area contributed by atoms with E-state index in [1.54, 1.807) is 0 Å². The van der Waals surface area contributed by atoms with Crippen molar-refractivity contribution in [1.82, 2.24) is 0 Å². The number of thioether (sulfide) groups is 1. The van der Waals surface area contributed by atoms with Crippen molar-refractivity contribution in [3.8, 4) is 0 Å². The van der Waals surface area contributed by atoms with E-state index >= 15 is 0 Å². The maximum Gasteiger partial charge on any atom is 0.310 e. The Kier molecular flexibility index (Phi) is 4.84. The Morgan fingerprint density at radius 3 is 2.40 bits per heavy atom. The third kappa shape index (κ3) is 4.99. The van der Waals surface area contributed by atoms with Gasteiger partial charge in [-0.3, -0.25) is 9.59 Å². The fourth-order valence-electron chi connectivity index (χ4n) is 0.914. The summed E-state index contributed by atoms with van der Waals surface area (Å²) in [6.07, 6.45) is -0.399. The molecule has 0 saturated heterocycles. The molecular weight excluding hydrogens is 280 g/mol. The predicted octanol–water partition coefficient (Wildman–Crippen LogP) is 2.59. The Hall–Kier alpha value is -0.810. The molecule has 0 atom stereocenters. The highest BCUT2D eigenvalue weighted by molar-refractivity contribution is 9.10. The van der Waals surface area contributed by atoms with Gasteiger partial charge in [0, 0.05) is 9.37 Å². The molecule has 1 N–H and O–H groups in total. The summed E-state index contributed by atoms with van der Waals surface area (Å²) in [6.45, 7) is 0. The molecule has 0 aliphatic carbocycles. The van der Waals surface area contributed by atoms with Crippen LogP contribution in [0.25, 0.3) is 0 Å². The molecule has 0 spiro atoms. The second kappa shape index (κ2) is 5.92. The van der Waals surface area contributed by atoms with Crippen LogP contribution >= 0.6 is 27.7 Å². The van der Waals surface area contributed by atoms with Gasteiger partial charge in [0.2, 0.25) is 0 Å². The van der Waals surface area contributed by atoms with Crippen molar-refractivity contribution in [3.05, 3.63) is 28.7 Å². The number of rotatable bonds is 5. The van der Waals surface area contributed by atoms with Crippen LogP contribution in [0.15, 0.2) is 33.6 Å². The lowest BCUT2D eigenvalue weighted by Gasteiger charge is -1.99. The summed E-state index contributed by atoms with van der Waals surface area (Å²) in [5.41, 5.74) is 0. The van der Waals surface area contributed by atoms with E-state index in [4.69, 9.17) is 5.11 Å². The molecule has 3 nitrogen and oxygen atoms in total. The SMILES string of the molecule is O=C(O)CC(=O)CSc1ccc(Br)cc1. The summed E-state index contributed by atoms with van der Waals surface area (Å²) in [6, 6.07) is 7.51. The number of Topliss-reactive ketones (excluding diaryl/α,β-unsaturated/α-hetero) is 1. The summed E-state index contributed by atoms with van der Waals surface area (Å²) in [7, 11) is 0. The van der Waals surface area contributed by atoms with Crippen molar-refractivity contribution in [2.75, 3.05) is 5.75 Å². The van der Waals surface area contributed by atoms with E-state index < -0.39 is 12.4 Å². The van der Waals surface area contributed by atoms with Crippen LogP contribution in [-0.2, 0) is 9.59 Å². The highest BCUT2D eigenvalue weighted by Gasteiger charge is 2.07. The molecule has 1 rings (SSSR count). The molecular formula is C10H9BrO3S. The van der Waals surface area contributed by atoms with Gasteiger partial charge in [-0.25, -0.2) is 0 Å². The van der Waals surface area contributed by atoms with Crippen LogP contribution in [0, 0.1) is 0 Å². The molecule has 5 heteroatoms. The molecule has 0 bridgehead atoms. The summed E-state index contributed by atoms with van der Waals surface area (Å²) in [4.78, 5) is 22.3. The second-order valence-corrected chi connectivity index (χ2v) is 4.82. The summed E-state index contributed by atoms with van der Waals surface area (Å²) in [5, 5.41) is 8.38. The maximum absolute atomic E-state index is 11.1. The van der Waals surface area contributed by atoms with E-state index in [-0.39, 0.29) is 11.5 Å². The van der Waals surface area contributed by atoms with Crippen molar-refractivity contribution in [2.45, 2.75) is 11.3 Å². The zero-order chi connectivity index (χ0) is 11.3. The Morgan fingerprint density at radius 2 is 1.87 bits per heavy atom. The first-order valence-corrected chi connectivity index (χ1v) is 5.97. The molecule has 0 radical (unpaired) electrons. The Bertz CT molecular complexity index is 361. The van der Waals surface area contributed by atoms with Gasteiger partial charge in [0.25, 0.3) is 0 Å². The quantitative estimate of drug-likeness (QED) is 0.668. The molecule has 15 heavy (non-hydrogen) atoms. The number of carboxylic acid groups (broad SMARTS) is 1. The molecule has 0 heterocycles. The number of aliphatic carboxylic acids is 1. The van der Waals surface area contributed by atoms with E-state index in [0.29, 0.717) is 0 Å². The average molecular weight is 289 g/mol. The molecule has 0 aliphatic rings. The van der Waals surface area contributed by atoms with Crippen LogP contribution in [0.3, 0.4) is 0 Å². The molecule has 0 aliphatic heterocycles. The van der Waals surface area contributed by atoms with Crippen molar-refractivity contribution < 1.29 is 14.7 Å². The average Bonchev–Trinajstić information content (AvgIpc) is 2.16. The maximum atomic E-state index is 11.1. The normalized spacial score (nSPS) is 9.93. The molecule has 80 valence electrons. The Labute approximate surface area is 100.0 Å². The van der Waals surface area contributed by atoms with Crippen LogP contribution in [0.5, 0.6) is 0 Å². The van der Waals surface area contributed by atoms with Gasteiger partial charge in [-0.15, -0.1) is 11.8 Å². The van der Waals surface area contributed by atoms with Crippen molar-refractivity contribution in [1.29, 1.82) is 0 Å². The van der Waals surface area contributed by atoms with Crippen LogP contribution in [0.1, 0.15) is 6.42 Å². The summed E-state index contributed by atoms with van der Waals surface area (Å²) in [5.74, 6) is -1.14. The first-order valence-electron chi connectivity index (χ1n) is 4.20. The monoisotopic (exact) mass is 288 g/mol. The number of hydrogen-bond acceptors (Lipinski definition) is 3. The molecule has 0 unspecified atom stereocenters. The van der Waals surface area contributed by atoms with Gasteiger partial charge in [0.1, 0.15) is 6.42 Å². The molecule has 1 aromatic carbocycles. The van der Waals surface area contributed by atoms with E-state index in [1.165, 1.54) is 11.8 Å². The fraction of sp³-hybridized carbons (Fsp3) is 0.200. The minimum absolute atomic E-state index is 0.202. The first kappa shape index (κ1) is 12.3. The molecule has 0 amide bonds. The summed E-state index contributed by atoms with van der Waals surface area (Å²) >= 11 is 4.65. The fourth-order valence-corrected chi connectivity index (χ4v) is 1.94. The van der Waals surface area contributed by atoms with Crippen LogP contribution < -0.4 is 0 Å². The highest BCUT2D eigenvalue weighted by atomic mass is 79.9. The lowest BCUT2D eigenvalue weighted by Crippen LogP contribution is -2.08. The van der Waals surface area contributed by atoms with Crippen molar-refractivity contribution in [3.63, 3.8) is 0 Å². The molecule has 0 fully saturated rings. The lowest BCUT2D eigenvalue weighted by atomic mass is 10.3. The minimum Gasteiger partial charge on any atom is -0.481 e.